The third kappa shape index (κ3) is 7.01. The average molecular weight is 595 g/mol. The number of rotatable bonds is 6. The molecule has 2 fully saturated rings. The molecule has 2 amide bonds. The van der Waals surface area contributed by atoms with Crippen LogP contribution in [-0.2, 0) is 19.6 Å². The molecule has 1 N–H and O–H groups in total. The lowest BCUT2D eigenvalue weighted by Crippen LogP contribution is -2.54. The van der Waals surface area contributed by atoms with E-state index < -0.39 is 15.6 Å². The lowest BCUT2D eigenvalue weighted by molar-refractivity contribution is -0.142. The van der Waals surface area contributed by atoms with Gasteiger partial charge in [0.1, 0.15) is 11.9 Å². The average Bonchev–Trinajstić information content (AvgIpc) is 3.52. The Bertz CT molecular complexity index is 1460. The maximum Gasteiger partial charge on any atom is 0.410 e. The Morgan fingerprint density at radius 1 is 0.976 bits per heavy atom. The topological polar surface area (TPSA) is 122 Å². The highest BCUT2D eigenvalue weighted by molar-refractivity contribution is 7.89. The second kappa shape index (κ2) is 12.3. The van der Waals surface area contributed by atoms with Crippen LogP contribution >= 0.6 is 0 Å². The second-order valence-electron chi connectivity index (χ2n) is 11.9. The molecule has 1 aliphatic carbocycles. The molecule has 2 heterocycles. The Hall–Kier alpha value is -3.70. The molecule has 10 nitrogen and oxygen atoms in total. The fourth-order valence-electron chi connectivity index (χ4n) is 5.62. The maximum atomic E-state index is 13.8. The maximum absolute atomic E-state index is 13.8. The van der Waals surface area contributed by atoms with Crippen LogP contribution in [0.25, 0.3) is 11.5 Å². The van der Waals surface area contributed by atoms with Gasteiger partial charge >= 0.3 is 6.09 Å². The van der Waals surface area contributed by atoms with Crippen LogP contribution in [0.1, 0.15) is 58.1 Å². The number of piperazine rings is 1. The summed E-state index contributed by atoms with van der Waals surface area (Å²) >= 11 is 0. The molecule has 0 spiro atoms. The first-order chi connectivity index (χ1) is 20.0. The normalized spacial score (nSPS) is 21.6. The number of amides is 2. The van der Waals surface area contributed by atoms with Crippen molar-refractivity contribution in [2.45, 2.75) is 69.0 Å². The van der Waals surface area contributed by atoms with Crippen molar-refractivity contribution in [1.29, 1.82) is 0 Å². The van der Waals surface area contributed by atoms with Gasteiger partial charge in [-0.2, -0.15) is 0 Å². The number of nitrogens with zero attached hydrogens (tertiary/aromatic N) is 3. The van der Waals surface area contributed by atoms with Crippen molar-refractivity contribution in [2.24, 2.45) is 5.92 Å². The highest BCUT2D eigenvalue weighted by Crippen LogP contribution is 2.33. The molecule has 1 saturated heterocycles. The van der Waals surface area contributed by atoms with Crippen LogP contribution in [0.3, 0.4) is 0 Å². The molecule has 42 heavy (non-hydrogen) atoms. The van der Waals surface area contributed by atoms with Crippen molar-refractivity contribution in [2.75, 3.05) is 19.6 Å². The van der Waals surface area contributed by atoms with E-state index in [1.54, 1.807) is 17.0 Å². The molecule has 224 valence electrons. The van der Waals surface area contributed by atoms with Gasteiger partial charge in [0, 0.05) is 37.2 Å². The number of carbonyl (C=O) groups is 2. The van der Waals surface area contributed by atoms with Gasteiger partial charge in [-0.3, -0.25) is 4.79 Å². The molecule has 0 radical (unpaired) electrons. The van der Waals surface area contributed by atoms with Crippen LogP contribution in [-0.4, -0.2) is 66.5 Å². The van der Waals surface area contributed by atoms with Gasteiger partial charge in [-0.15, -0.1) is 0 Å². The number of nitrogens with one attached hydrogen (secondary N) is 1. The minimum absolute atomic E-state index is 0.0520. The Labute approximate surface area is 247 Å². The molecule has 1 saturated carbocycles. The number of sulfonamides is 1. The van der Waals surface area contributed by atoms with Gasteiger partial charge in [-0.25, -0.2) is 22.9 Å². The number of ether oxygens (including phenoxy) is 1. The van der Waals surface area contributed by atoms with Crippen LogP contribution < -0.4 is 4.72 Å². The highest BCUT2D eigenvalue weighted by Gasteiger charge is 2.39. The Morgan fingerprint density at radius 3 is 2.29 bits per heavy atom. The number of hydrogen-bond donors (Lipinski definition) is 1. The van der Waals surface area contributed by atoms with E-state index in [2.05, 4.69) is 9.71 Å². The molecule has 1 atom stereocenters. The Morgan fingerprint density at radius 2 is 1.67 bits per heavy atom. The zero-order chi connectivity index (χ0) is 29.9. The SMILES string of the molecule is CC(C)(C)OC(=O)N1CCN(C(=O)C2CCC(NS(=O)(=O)c3ccc(-c4ncco4)cc3)CC2)[C@@H](c2ccccc2)C1. The summed E-state index contributed by atoms with van der Waals surface area (Å²) < 4.78 is 39.8. The fourth-order valence-corrected chi connectivity index (χ4v) is 6.93. The van der Waals surface area contributed by atoms with E-state index in [1.807, 2.05) is 56.0 Å². The number of oxazole rings is 1. The van der Waals surface area contributed by atoms with Gasteiger partial charge < -0.3 is 19.0 Å². The van der Waals surface area contributed by atoms with Crippen LogP contribution in [0.5, 0.6) is 0 Å². The van der Waals surface area contributed by atoms with Gasteiger partial charge in [-0.1, -0.05) is 30.3 Å². The molecule has 5 rings (SSSR count). The highest BCUT2D eigenvalue weighted by atomic mass is 32.2. The summed E-state index contributed by atoms with van der Waals surface area (Å²) in [6.45, 7) is 6.68. The molecule has 2 aromatic carbocycles. The van der Waals surface area contributed by atoms with Gasteiger partial charge in [0.25, 0.3) is 0 Å². The fraction of sp³-hybridized carbons (Fsp3) is 0.452. The summed E-state index contributed by atoms with van der Waals surface area (Å²) in [4.78, 5) is 34.5. The van der Waals surface area contributed by atoms with Crippen molar-refractivity contribution >= 4 is 22.0 Å². The first-order valence-corrected chi connectivity index (χ1v) is 15.8. The van der Waals surface area contributed by atoms with E-state index in [-0.39, 0.29) is 34.9 Å². The standard InChI is InChI=1S/C31H38N4O6S/c1-31(2,3)41-30(37)34-18-19-35(27(21-34)22-7-5-4-6-8-22)29(36)24-9-13-25(14-10-24)33-42(38,39)26-15-11-23(12-16-26)28-32-17-20-40-28/h4-8,11-12,15-17,20,24-25,27,33H,9-10,13-14,18-19,21H2,1-3H3/t24?,25?,27-/m1/s1. The number of benzene rings is 2. The predicted molar refractivity (Wildman–Crippen MR) is 157 cm³/mol. The molecular formula is C31H38N4O6S. The quantitative estimate of drug-likeness (QED) is 0.426. The summed E-state index contributed by atoms with van der Waals surface area (Å²) in [5.41, 5.74) is 1.06. The zero-order valence-electron chi connectivity index (χ0n) is 24.2. The van der Waals surface area contributed by atoms with Gasteiger partial charge in [0.15, 0.2) is 0 Å². The minimum atomic E-state index is -3.72. The van der Waals surface area contributed by atoms with Crippen molar-refractivity contribution in [3.63, 3.8) is 0 Å². The summed E-state index contributed by atoms with van der Waals surface area (Å²) in [5.74, 6) is 0.275. The van der Waals surface area contributed by atoms with Gasteiger partial charge in [-0.05, 0) is 76.3 Å². The summed E-state index contributed by atoms with van der Waals surface area (Å²) in [6, 6.07) is 15.6. The van der Waals surface area contributed by atoms with Crippen molar-refractivity contribution in [1.82, 2.24) is 19.5 Å². The zero-order valence-corrected chi connectivity index (χ0v) is 25.0. The monoisotopic (exact) mass is 594 g/mol. The molecule has 3 aromatic rings. The number of aromatic nitrogens is 1. The van der Waals surface area contributed by atoms with Crippen LogP contribution in [0, 0.1) is 5.92 Å². The summed E-state index contributed by atoms with van der Waals surface area (Å²) in [5, 5.41) is 0. The smallest absolute Gasteiger partial charge is 0.410 e. The van der Waals surface area contributed by atoms with E-state index in [0.717, 1.165) is 5.56 Å². The van der Waals surface area contributed by atoms with Crippen molar-refractivity contribution in [3.8, 4) is 11.5 Å². The molecule has 0 bridgehead atoms. The Balaban J connectivity index is 1.20. The minimum Gasteiger partial charge on any atom is -0.445 e. The lowest BCUT2D eigenvalue weighted by Gasteiger charge is -2.43. The van der Waals surface area contributed by atoms with E-state index in [1.165, 1.54) is 24.6 Å². The molecule has 1 aliphatic heterocycles. The van der Waals surface area contributed by atoms with Crippen LogP contribution in [0.2, 0.25) is 0 Å². The number of hydrogen-bond acceptors (Lipinski definition) is 7. The molecule has 11 heteroatoms. The van der Waals surface area contributed by atoms with Crippen LogP contribution in [0.4, 0.5) is 4.79 Å². The predicted octanol–water partition coefficient (Wildman–Crippen LogP) is 5.00. The van der Waals surface area contributed by atoms with Gasteiger partial charge in [0.05, 0.1) is 17.1 Å². The Kier molecular flexibility index (Phi) is 8.70. The third-order valence-corrected chi connectivity index (χ3v) is 9.28. The van der Waals surface area contributed by atoms with Crippen LogP contribution in [0.15, 0.2) is 76.4 Å². The first-order valence-electron chi connectivity index (χ1n) is 14.4. The van der Waals surface area contributed by atoms with Gasteiger partial charge in [0.2, 0.25) is 21.8 Å². The van der Waals surface area contributed by atoms with E-state index in [0.29, 0.717) is 56.8 Å². The second-order valence-corrected chi connectivity index (χ2v) is 13.6. The summed E-state index contributed by atoms with van der Waals surface area (Å²) in [6.07, 6.45) is 4.93. The first kappa shape index (κ1) is 29.8. The lowest BCUT2D eigenvalue weighted by atomic mass is 9.85. The van der Waals surface area contributed by atoms with E-state index in [4.69, 9.17) is 9.15 Å². The molecule has 1 aromatic heterocycles. The molecular weight excluding hydrogens is 556 g/mol. The molecule has 0 unspecified atom stereocenters. The molecule has 2 aliphatic rings. The van der Waals surface area contributed by atoms with Crippen molar-refractivity contribution < 1.29 is 27.2 Å². The van der Waals surface area contributed by atoms with E-state index in [9.17, 15) is 18.0 Å². The number of carbonyl (C=O) groups excluding carboxylic acids is 2. The largest absolute Gasteiger partial charge is 0.445 e. The third-order valence-electron chi connectivity index (χ3n) is 7.74. The van der Waals surface area contributed by atoms with Crippen molar-refractivity contribution in [3.05, 3.63) is 72.6 Å². The van der Waals surface area contributed by atoms with E-state index >= 15 is 0 Å². The summed E-state index contributed by atoms with van der Waals surface area (Å²) in [7, 11) is -3.72.